The quantitative estimate of drug-likeness (QED) is 0.737. The summed E-state index contributed by atoms with van der Waals surface area (Å²) in [5.41, 5.74) is 2.83. The molecule has 1 heterocycles. The van der Waals surface area contributed by atoms with Crippen molar-refractivity contribution in [3.63, 3.8) is 0 Å². The van der Waals surface area contributed by atoms with Crippen LogP contribution in [0.15, 0.2) is 24.3 Å². The summed E-state index contributed by atoms with van der Waals surface area (Å²) in [4.78, 5) is 2.47. The highest BCUT2D eigenvalue weighted by atomic mass is 16.5. The minimum absolute atomic E-state index is 0.513. The molecule has 0 saturated carbocycles. The summed E-state index contributed by atoms with van der Waals surface area (Å²) in [6.07, 6.45) is 3.47. The van der Waals surface area contributed by atoms with E-state index in [1.54, 1.807) is 0 Å². The summed E-state index contributed by atoms with van der Waals surface area (Å²) in [6.45, 7) is 9.29. The Kier molecular flexibility index (Phi) is 6.34. The molecule has 0 saturated heterocycles. The van der Waals surface area contributed by atoms with Crippen molar-refractivity contribution in [3.8, 4) is 0 Å². The molecule has 3 nitrogen and oxygen atoms in total. The maximum Gasteiger partial charge on any atom is 0.0641 e. The molecule has 1 unspecified atom stereocenters. The lowest BCUT2D eigenvalue weighted by Gasteiger charge is -2.36. The average molecular weight is 276 g/mol. The maximum atomic E-state index is 5.64. The van der Waals surface area contributed by atoms with E-state index < -0.39 is 0 Å². The van der Waals surface area contributed by atoms with Crippen LogP contribution in [0.1, 0.15) is 44.7 Å². The molecule has 20 heavy (non-hydrogen) atoms. The van der Waals surface area contributed by atoms with Crippen LogP contribution in [0.25, 0.3) is 0 Å². The molecule has 1 N–H and O–H groups in total. The molecule has 0 radical (unpaired) electrons. The zero-order valence-corrected chi connectivity index (χ0v) is 12.9. The Morgan fingerprint density at radius 3 is 2.85 bits per heavy atom. The van der Waals surface area contributed by atoms with Crippen LogP contribution in [0.2, 0.25) is 0 Å². The molecular weight excluding hydrogens is 248 g/mol. The van der Waals surface area contributed by atoms with Gasteiger partial charge in [-0.3, -0.25) is 0 Å². The fourth-order valence-electron chi connectivity index (χ4n) is 2.82. The van der Waals surface area contributed by atoms with Gasteiger partial charge in [-0.25, -0.2) is 0 Å². The molecule has 1 aliphatic rings. The number of hydrogen-bond donors (Lipinski definition) is 1. The fraction of sp³-hybridized carbons (Fsp3) is 0.647. The van der Waals surface area contributed by atoms with Crippen molar-refractivity contribution in [2.24, 2.45) is 0 Å². The number of anilines is 1. The van der Waals surface area contributed by atoms with Crippen LogP contribution in [0.5, 0.6) is 0 Å². The molecule has 0 aliphatic carbocycles. The Morgan fingerprint density at radius 1 is 1.20 bits per heavy atom. The summed E-state index contributed by atoms with van der Waals surface area (Å²) >= 11 is 0. The molecule has 0 fully saturated rings. The smallest absolute Gasteiger partial charge is 0.0641 e. The van der Waals surface area contributed by atoms with Gasteiger partial charge in [-0.05, 0) is 37.4 Å². The van der Waals surface area contributed by atoms with Crippen LogP contribution in [0, 0.1) is 0 Å². The Morgan fingerprint density at radius 2 is 2.05 bits per heavy atom. The second kappa shape index (κ2) is 8.28. The first-order chi connectivity index (χ1) is 9.86. The second-order valence-electron chi connectivity index (χ2n) is 5.45. The number of nitrogens with one attached hydrogen (secondary N) is 1. The highest BCUT2D eigenvalue weighted by molar-refractivity contribution is 5.57. The summed E-state index contributed by atoms with van der Waals surface area (Å²) in [7, 11) is 0. The van der Waals surface area contributed by atoms with Crippen LogP contribution in [0.3, 0.4) is 0 Å². The van der Waals surface area contributed by atoms with Crippen molar-refractivity contribution in [2.75, 3.05) is 37.7 Å². The van der Waals surface area contributed by atoms with Crippen molar-refractivity contribution < 1.29 is 4.74 Å². The molecule has 112 valence electrons. The lowest BCUT2D eigenvalue weighted by atomic mass is 9.96. The number of para-hydroxylation sites is 1. The lowest BCUT2D eigenvalue weighted by Crippen LogP contribution is -2.37. The predicted octanol–water partition coefficient (Wildman–Crippen LogP) is 3.36. The first-order valence-corrected chi connectivity index (χ1v) is 8.01. The lowest BCUT2D eigenvalue weighted by molar-refractivity contribution is 0.140. The highest BCUT2D eigenvalue weighted by Crippen LogP contribution is 2.33. The molecule has 1 atom stereocenters. The third kappa shape index (κ3) is 3.97. The van der Waals surface area contributed by atoms with E-state index in [0.29, 0.717) is 6.04 Å². The van der Waals surface area contributed by atoms with Crippen molar-refractivity contribution in [3.05, 3.63) is 29.8 Å². The van der Waals surface area contributed by atoms with E-state index in [4.69, 9.17) is 4.74 Å². The van der Waals surface area contributed by atoms with Crippen molar-refractivity contribution in [1.82, 2.24) is 5.32 Å². The molecule has 2 rings (SSSR count). The predicted molar refractivity (Wildman–Crippen MR) is 85.4 cm³/mol. The van der Waals surface area contributed by atoms with Crippen LogP contribution < -0.4 is 10.2 Å². The SMILES string of the molecule is CCCNC1CCN(CCOCCC)c2ccccc21. The Hall–Kier alpha value is -1.06. The second-order valence-corrected chi connectivity index (χ2v) is 5.45. The van der Waals surface area contributed by atoms with Gasteiger partial charge in [-0.15, -0.1) is 0 Å². The van der Waals surface area contributed by atoms with Gasteiger partial charge in [0, 0.05) is 31.4 Å². The molecule has 1 aromatic rings. The number of rotatable bonds is 8. The fourth-order valence-corrected chi connectivity index (χ4v) is 2.82. The van der Waals surface area contributed by atoms with Gasteiger partial charge in [0.15, 0.2) is 0 Å². The summed E-state index contributed by atoms with van der Waals surface area (Å²) < 4.78 is 5.64. The van der Waals surface area contributed by atoms with Gasteiger partial charge in [0.05, 0.1) is 6.61 Å². The molecule has 0 spiro atoms. The third-order valence-electron chi connectivity index (χ3n) is 3.84. The van der Waals surface area contributed by atoms with Crippen LogP contribution in [-0.4, -0.2) is 32.8 Å². The van der Waals surface area contributed by atoms with Crippen LogP contribution in [0.4, 0.5) is 5.69 Å². The highest BCUT2D eigenvalue weighted by Gasteiger charge is 2.23. The molecule has 1 aliphatic heterocycles. The van der Waals surface area contributed by atoms with E-state index in [0.717, 1.165) is 39.3 Å². The Balaban J connectivity index is 1.99. The normalized spacial score (nSPS) is 18.1. The Labute approximate surface area is 123 Å². The number of nitrogens with zero attached hydrogens (tertiary/aromatic N) is 1. The van der Waals surface area contributed by atoms with E-state index in [1.807, 2.05) is 0 Å². The minimum Gasteiger partial charge on any atom is -0.380 e. The number of benzene rings is 1. The van der Waals surface area contributed by atoms with Gasteiger partial charge in [0.25, 0.3) is 0 Å². The van der Waals surface area contributed by atoms with E-state index in [-0.39, 0.29) is 0 Å². The minimum atomic E-state index is 0.513. The average Bonchev–Trinajstić information content (AvgIpc) is 2.50. The standard InChI is InChI=1S/C17H28N2O/c1-3-10-18-16-9-11-19(12-14-20-13-4-2)17-8-6-5-7-15(16)17/h5-8,16,18H,3-4,9-14H2,1-2H3. The number of ether oxygens (including phenoxy) is 1. The molecule has 1 aromatic carbocycles. The molecule has 0 bridgehead atoms. The maximum absolute atomic E-state index is 5.64. The van der Waals surface area contributed by atoms with E-state index in [2.05, 4.69) is 48.3 Å². The summed E-state index contributed by atoms with van der Waals surface area (Å²) in [5.74, 6) is 0. The van der Waals surface area contributed by atoms with Gasteiger partial charge in [0.1, 0.15) is 0 Å². The van der Waals surface area contributed by atoms with Crippen molar-refractivity contribution >= 4 is 5.69 Å². The summed E-state index contributed by atoms with van der Waals surface area (Å²) in [5, 5.41) is 3.67. The van der Waals surface area contributed by atoms with E-state index in [1.165, 1.54) is 24.1 Å². The van der Waals surface area contributed by atoms with Gasteiger partial charge >= 0.3 is 0 Å². The van der Waals surface area contributed by atoms with Gasteiger partial charge in [-0.2, -0.15) is 0 Å². The van der Waals surface area contributed by atoms with E-state index >= 15 is 0 Å². The van der Waals surface area contributed by atoms with Gasteiger partial charge in [-0.1, -0.05) is 32.0 Å². The van der Waals surface area contributed by atoms with Crippen molar-refractivity contribution in [2.45, 2.75) is 39.2 Å². The Bertz CT molecular complexity index is 394. The zero-order chi connectivity index (χ0) is 14.2. The zero-order valence-electron chi connectivity index (χ0n) is 12.9. The third-order valence-corrected chi connectivity index (χ3v) is 3.84. The molecule has 0 amide bonds. The first-order valence-electron chi connectivity index (χ1n) is 8.01. The molecular formula is C17H28N2O. The van der Waals surface area contributed by atoms with Gasteiger partial charge in [0.2, 0.25) is 0 Å². The monoisotopic (exact) mass is 276 g/mol. The van der Waals surface area contributed by atoms with Gasteiger partial charge < -0.3 is 15.0 Å². The van der Waals surface area contributed by atoms with E-state index in [9.17, 15) is 0 Å². The number of fused-ring (bicyclic) bond motifs is 1. The van der Waals surface area contributed by atoms with Crippen LogP contribution in [-0.2, 0) is 4.74 Å². The molecule has 3 heteroatoms. The first kappa shape index (κ1) is 15.3. The topological polar surface area (TPSA) is 24.5 Å². The largest absolute Gasteiger partial charge is 0.380 e. The summed E-state index contributed by atoms with van der Waals surface area (Å²) in [6, 6.07) is 9.31. The number of hydrogen-bond acceptors (Lipinski definition) is 3. The van der Waals surface area contributed by atoms with Crippen LogP contribution >= 0.6 is 0 Å². The van der Waals surface area contributed by atoms with Crippen molar-refractivity contribution in [1.29, 1.82) is 0 Å². The molecule has 0 aromatic heterocycles.